The van der Waals surface area contributed by atoms with Crippen molar-refractivity contribution in [3.05, 3.63) is 30.6 Å². The van der Waals surface area contributed by atoms with Gasteiger partial charge in [0.15, 0.2) is 0 Å². The fourth-order valence-corrected chi connectivity index (χ4v) is 1.31. The Balaban J connectivity index is 2.25. The number of hydrogen-bond acceptors (Lipinski definition) is 3. The first-order valence-electron chi connectivity index (χ1n) is 4.67. The maximum absolute atomic E-state index is 11.2. The van der Waals surface area contributed by atoms with E-state index in [0.29, 0.717) is 12.3 Å². The van der Waals surface area contributed by atoms with Crippen LogP contribution in [-0.4, -0.2) is 22.3 Å². The van der Waals surface area contributed by atoms with Gasteiger partial charge in [0, 0.05) is 6.20 Å². The molecule has 2 rings (SSSR count). The second kappa shape index (κ2) is 4.00. The highest BCUT2D eigenvalue weighted by Gasteiger charge is 2.06. The van der Waals surface area contributed by atoms with E-state index in [4.69, 9.17) is 4.74 Å². The summed E-state index contributed by atoms with van der Waals surface area (Å²) in [6, 6.07) is 5.62. The maximum atomic E-state index is 11.2. The van der Waals surface area contributed by atoms with E-state index in [1.807, 2.05) is 24.4 Å². The number of nitrogens with zero attached hydrogens (tertiary/aromatic N) is 2. The van der Waals surface area contributed by atoms with Gasteiger partial charge in [-0.25, -0.2) is 9.31 Å². The van der Waals surface area contributed by atoms with Crippen molar-refractivity contribution in [2.24, 2.45) is 0 Å². The van der Waals surface area contributed by atoms with Crippen LogP contribution < -0.4 is 5.32 Å². The number of carbonyl (C=O) groups excluding carboxylic acids is 1. The molecule has 0 unspecified atom stereocenters. The molecule has 0 saturated heterocycles. The molecule has 0 atom stereocenters. The fraction of sp³-hybridized carbons (Fsp3) is 0.200. The monoisotopic (exact) mass is 205 g/mol. The molecule has 0 aliphatic carbocycles. The quantitative estimate of drug-likeness (QED) is 0.814. The first-order valence-corrected chi connectivity index (χ1v) is 4.67. The summed E-state index contributed by atoms with van der Waals surface area (Å²) in [6.07, 6.45) is 2.94. The molecule has 0 bridgehead atoms. The first-order chi connectivity index (χ1) is 7.31. The summed E-state index contributed by atoms with van der Waals surface area (Å²) in [7, 11) is 0. The number of rotatable bonds is 2. The normalized spacial score (nSPS) is 10.2. The molecule has 2 aromatic rings. The summed E-state index contributed by atoms with van der Waals surface area (Å²) in [6.45, 7) is 2.11. The Morgan fingerprint density at radius 3 is 3.27 bits per heavy atom. The highest BCUT2D eigenvalue weighted by atomic mass is 16.5. The number of hydrogen-bond donors (Lipinski definition) is 1. The van der Waals surface area contributed by atoms with Gasteiger partial charge in [-0.15, -0.1) is 0 Å². The molecule has 1 amide bonds. The van der Waals surface area contributed by atoms with Crippen LogP contribution in [0.5, 0.6) is 0 Å². The Morgan fingerprint density at radius 1 is 1.60 bits per heavy atom. The second-order valence-corrected chi connectivity index (χ2v) is 2.93. The fourth-order valence-electron chi connectivity index (χ4n) is 1.31. The third kappa shape index (κ3) is 1.90. The van der Waals surface area contributed by atoms with Crippen LogP contribution in [0.2, 0.25) is 0 Å². The summed E-state index contributed by atoms with van der Waals surface area (Å²) in [5.41, 5.74) is 1.49. The largest absolute Gasteiger partial charge is 0.450 e. The third-order valence-corrected chi connectivity index (χ3v) is 1.94. The average molecular weight is 205 g/mol. The molecular formula is C10H11N3O2. The van der Waals surface area contributed by atoms with E-state index >= 15 is 0 Å². The number of pyridine rings is 1. The van der Waals surface area contributed by atoms with Crippen molar-refractivity contribution in [1.82, 2.24) is 9.61 Å². The summed E-state index contributed by atoms with van der Waals surface area (Å²) in [5.74, 6) is 0. The van der Waals surface area contributed by atoms with Crippen molar-refractivity contribution in [1.29, 1.82) is 0 Å². The zero-order chi connectivity index (χ0) is 10.7. The molecule has 0 spiro atoms. The number of anilines is 1. The van der Waals surface area contributed by atoms with Gasteiger partial charge in [-0.3, -0.25) is 5.32 Å². The molecule has 5 nitrogen and oxygen atoms in total. The lowest BCUT2D eigenvalue weighted by molar-refractivity contribution is 0.168. The second-order valence-electron chi connectivity index (χ2n) is 2.93. The lowest BCUT2D eigenvalue weighted by Gasteiger charge is -2.02. The molecule has 1 N–H and O–H groups in total. The molecular weight excluding hydrogens is 194 g/mol. The van der Waals surface area contributed by atoms with Gasteiger partial charge in [0.05, 0.1) is 24.0 Å². The lowest BCUT2D eigenvalue weighted by atomic mass is 10.4. The number of fused-ring (bicyclic) bond motifs is 1. The Hall–Kier alpha value is -2.04. The molecule has 0 saturated carbocycles. The average Bonchev–Trinajstić information content (AvgIpc) is 2.62. The molecule has 0 aliphatic rings. The van der Waals surface area contributed by atoms with Crippen molar-refractivity contribution in [2.75, 3.05) is 11.9 Å². The van der Waals surface area contributed by atoms with Crippen LogP contribution in [0.15, 0.2) is 30.6 Å². The van der Waals surface area contributed by atoms with Gasteiger partial charge in [0.1, 0.15) is 0 Å². The van der Waals surface area contributed by atoms with Crippen LogP contribution >= 0.6 is 0 Å². The first kappa shape index (κ1) is 9.51. The van der Waals surface area contributed by atoms with E-state index in [9.17, 15) is 4.79 Å². The van der Waals surface area contributed by atoms with Crippen molar-refractivity contribution < 1.29 is 9.53 Å². The van der Waals surface area contributed by atoms with E-state index < -0.39 is 6.09 Å². The number of nitrogens with one attached hydrogen (secondary N) is 1. The highest BCUT2D eigenvalue weighted by Crippen LogP contribution is 2.15. The van der Waals surface area contributed by atoms with Crippen LogP contribution in [0.3, 0.4) is 0 Å². The standard InChI is InChI=1S/C10H11N3O2/c1-2-15-10(14)12-8-7-11-13-6-4-3-5-9(8)13/h3-7H,2H2,1H3,(H,12,14). The minimum absolute atomic E-state index is 0.352. The van der Waals surface area contributed by atoms with E-state index in [1.54, 1.807) is 17.6 Å². The summed E-state index contributed by atoms with van der Waals surface area (Å²) < 4.78 is 6.46. The molecule has 0 radical (unpaired) electrons. The predicted octanol–water partition coefficient (Wildman–Crippen LogP) is 1.90. The minimum atomic E-state index is -0.462. The van der Waals surface area contributed by atoms with Gasteiger partial charge in [-0.05, 0) is 19.1 Å². The number of carbonyl (C=O) groups is 1. The van der Waals surface area contributed by atoms with Gasteiger partial charge in [-0.1, -0.05) is 6.07 Å². The van der Waals surface area contributed by atoms with Crippen molar-refractivity contribution in [3.8, 4) is 0 Å². The molecule has 15 heavy (non-hydrogen) atoms. The minimum Gasteiger partial charge on any atom is -0.450 e. The third-order valence-electron chi connectivity index (χ3n) is 1.94. The molecule has 0 aromatic carbocycles. The highest BCUT2D eigenvalue weighted by molar-refractivity contribution is 5.90. The van der Waals surface area contributed by atoms with Crippen LogP contribution in [0.4, 0.5) is 10.5 Å². The van der Waals surface area contributed by atoms with E-state index in [-0.39, 0.29) is 0 Å². The van der Waals surface area contributed by atoms with Gasteiger partial charge < -0.3 is 4.74 Å². The van der Waals surface area contributed by atoms with Crippen LogP contribution in [-0.2, 0) is 4.74 Å². The van der Waals surface area contributed by atoms with Crippen LogP contribution in [0.25, 0.3) is 5.52 Å². The molecule has 2 heterocycles. The zero-order valence-electron chi connectivity index (χ0n) is 8.30. The van der Waals surface area contributed by atoms with E-state index in [1.165, 1.54) is 0 Å². The number of aromatic nitrogens is 2. The predicted molar refractivity (Wildman–Crippen MR) is 55.8 cm³/mol. The summed E-state index contributed by atoms with van der Waals surface area (Å²) >= 11 is 0. The number of ether oxygens (including phenoxy) is 1. The topological polar surface area (TPSA) is 55.6 Å². The van der Waals surface area contributed by atoms with Crippen LogP contribution in [0, 0.1) is 0 Å². The lowest BCUT2D eigenvalue weighted by Crippen LogP contribution is -2.12. The van der Waals surface area contributed by atoms with Crippen molar-refractivity contribution >= 4 is 17.3 Å². The van der Waals surface area contributed by atoms with Gasteiger partial charge >= 0.3 is 6.09 Å². The smallest absolute Gasteiger partial charge is 0.411 e. The van der Waals surface area contributed by atoms with Gasteiger partial charge in [0.25, 0.3) is 0 Å². The zero-order valence-corrected chi connectivity index (χ0v) is 8.30. The Morgan fingerprint density at radius 2 is 2.47 bits per heavy atom. The van der Waals surface area contributed by atoms with Crippen molar-refractivity contribution in [3.63, 3.8) is 0 Å². The molecule has 5 heteroatoms. The molecule has 0 aliphatic heterocycles. The molecule has 2 aromatic heterocycles. The molecule has 78 valence electrons. The number of amides is 1. The summed E-state index contributed by atoms with van der Waals surface area (Å²) in [5, 5.41) is 6.70. The summed E-state index contributed by atoms with van der Waals surface area (Å²) in [4.78, 5) is 11.2. The Bertz CT molecular complexity index is 478. The van der Waals surface area contributed by atoms with E-state index in [2.05, 4.69) is 10.4 Å². The molecule has 0 fully saturated rings. The SMILES string of the molecule is CCOC(=O)Nc1cnn2ccccc12. The van der Waals surface area contributed by atoms with Crippen molar-refractivity contribution in [2.45, 2.75) is 6.92 Å². The Labute approximate surface area is 86.7 Å². The van der Waals surface area contributed by atoms with Crippen LogP contribution in [0.1, 0.15) is 6.92 Å². The Kier molecular flexibility index (Phi) is 2.53. The maximum Gasteiger partial charge on any atom is 0.411 e. The van der Waals surface area contributed by atoms with Gasteiger partial charge in [0.2, 0.25) is 0 Å². The van der Waals surface area contributed by atoms with Gasteiger partial charge in [-0.2, -0.15) is 5.10 Å². The van der Waals surface area contributed by atoms with E-state index in [0.717, 1.165) is 5.52 Å².